The number of hydrogen-bond donors (Lipinski definition) is 1. The molecule has 0 amide bonds. The van der Waals surface area contributed by atoms with Gasteiger partial charge in [0.05, 0.1) is 6.10 Å². The van der Waals surface area contributed by atoms with Gasteiger partial charge in [0, 0.05) is 37.7 Å². The second-order valence-corrected chi connectivity index (χ2v) is 8.65. The summed E-state index contributed by atoms with van der Waals surface area (Å²) in [6.07, 6.45) is 0.896. The van der Waals surface area contributed by atoms with Gasteiger partial charge in [-0.05, 0) is 24.6 Å². The van der Waals surface area contributed by atoms with Crippen molar-refractivity contribution in [1.82, 2.24) is 0 Å². The molecular formula is C14H19ClOS3. The van der Waals surface area contributed by atoms with Crippen LogP contribution in [0.4, 0.5) is 0 Å². The van der Waals surface area contributed by atoms with Gasteiger partial charge in [0.2, 0.25) is 0 Å². The molecule has 1 N–H and O–H groups in total. The van der Waals surface area contributed by atoms with E-state index in [0.29, 0.717) is 10.5 Å². The van der Waals surface area contributed by atoms with Crippen molar-refractivity contribution in [3.8, 4) is 0 Å². The van der Waals surface area contributed by atoms with Crippen molar-refractivity contribution in [1.29, 1.82) is 0 Å². The summed E-state index contributed by atoms with van der Waals surface area (Å²) >= 11 is 11.6. The van der Waals surface area contributed by atoms with E-state index < -0.39 is 0 Å². The first kappa shape index (κ1) is 15.9. The van der Waals surface area contributed by atoms with E-state index in [1.807, 2.05) is 47.8 Å². The Morgan fingerprint density at radius 2 is 2.21 bits per heavy atom. The first-order valence-corrected chi connectivity index (χ1v) is 9.96. The van der Waals surface area contributed by atoms with Gasteiger partial charge in [-0.2, -0.15) is 23.5 Å². The van der Waals surface area contributed by atoms with Crippen LogP contribution in [0.1, 0.15) is 13.3 Å². The van der Waals surface area contributed by atoms with Gasteiger partial charge in [-0.25, -0.2) is 0 Å². The van der Waals surface area contributed by atoms with Crippen molar-refractivity contribution < 1.29 is 5.11 Å². The molecule has 0 bridgehead atoms. The molecule has 5 heteroatoms. The number of aliphatic hydroxyl groups excluding tert-OH is 1. The minimum Gasteiger partial charge on any atom is -0.391 e. The van der Waals surface area contributed by atoms with E-state index in [1.165, 1.54) is 5.75 Å². The Hall–Kier alpha value is 0.520. The summed E-state index contributed by atoms with van der Waals surface area (Å²) in [6.45, 7) is 2.22. The lowest BCUT2D eigenvalue weighted by atomic mass is 10.1. The molecule has 1 aliphatic heterocycles. The predicted octanol–water partition coefficient (Wildman–Crippen LogP) is 4.42. The summed E-state index contributed by atoms with van der Waals surface area (Å²) in [6, 6.07) is 7.84. The molecule has 106 valence electrons. The van der Waals surface area contributed by atoms with E-state index in [0.717, 1.165) is 27.8 Å². The van der Waals surface area contributed by atoms with Crippen molar-refractivity contribution >= 4 is 46.9 Å². The van der Waals surface area contributed by atoms with Crippen LogP contribution >= 0.6 is 46.9 Å². The molecule has 19 heavy (non-hydrogen) atoms. The number of aliphatic hydroxyl groups is 1. The largest absolute Gasteiger partial charge is 0.391 e. The van der Waals surface area contributed by atoms with E-state index in [1.54, 1.807) is 11.8 Å². The molecule has 0 radical (unpaired) electrons. The van der Waals surface area contributed by atoms with Gasteiger partial charge in [0.15, 0.2) is 0 Å². The van der Waals surface area contributed by atoms with E-state index in [4.69, 9.17) is 11.6 Å². The van der Waals surface area contributed by atoms with Crippen LogP contribution < -0.4 is 0 Å². The Labute approximate surface area is 133 Å². The molecule has 0 spiro atoms. The zero-order valence-electron chi connectivity index (χ0n) is 10.9. The second-order valence-electron chi connectivity index (χ2n) is 4.49. The molecule has 1 aromatic rings. The summed E-state index contributed by atoms with van der Waals surface area (Å²) in [5, 5.41) is 12.1. The van der Waals surface area contributed by atoms with Crippen LogP contribution in [-0.2, 0) is 0 Å². The van der Waals surface area contributed by atoms with Crippen molar-refractivity contribution in [2.75, 3.05) is 17.3 Å². The lowest BCUT2D eigenvalue weighted by molar-refractivity contribution is 0.193. The standard InChI is InChI=1S/C14H19ClOS3/c1-2-13-14(18-7-6-17-13)12(16)9-19-11-5-3-4-10(15)8-11/h3-5,8,12-14,16H,2,6-7,9H2,1H3. The Morgan fingerprint density at radius 3 is 2.95 bits per heavy atom. The maximum Gasteiger partial charge on any atom is 0.0763 e. The van der Waals surface area contributed by atoms with Gasteiger partial charge in [-0.3, -0.25) is 0 Å². The molecule has 0 aromatic heterocycles. The zero-order chi connectivity index (χ0) is 13.7. The predicted molar refractivity (Wildman–Crippen MR) is 91.0 cm³/mol. The van der Waals surface area contributed by atoms with Gasteiger partial charge < -0.3 is 5.11 Å². The molecule has 0 saturated carbocycles. The third-order valence-electron chi connectivity index (χ3n) is 3.09. The van der Waals surface area contributed by atoms with Gasteiger partial charge in [0.1, 0.15) is 0 Å². The van der Waals surface area contributed by atoms with Crippen molar-refractivity contribution in [2.45, 2.75) is 34.8 Å². The van der Waals surface area contributed by atoms with Gasteiger partial charge in [-0.1, -0.05) is 24.6 Å². The van der Waals surface area contributed by atoms with Crippen molar-refractivity contribution in [2.24, 2.45) is 0 Å². The minimum atomic E-state index is -0.244. The summed E-state index contributed by atoms with van der Waals surface area (Å²) in [5.41, 5.74) is 0. The van der Waals surface area contributed by atoms with Gasteiger partial charge >= 0.3 is 0 Å². The Morgan fingerprint density at radius 1 is 1.42 bits per heavy atom. The number of benzene rings is 1. The molecule has 1 nitrogen and oxygen atoms in total. The molecular weight excluding hydrogens is 316 g/mol. The highest BCUT2D eigenvalue weighted by Gasteiger charge is 2.30. The smallest absolute Gasteiger partial charge is 0.0763 e. The highest BCUT2D eigenvalue weighted by Crippen LogP contribution is 2.36. The quantitative estimate of drug-likeness (QED) is 0.804. The number of hydrogen-bond acceptors (Lipinski definition) is 4. The van der Waals surface area contributed by atoms with Crippen molar-refractivity contribution in [3.63, 3.8) is 0 Å². The fourth-order valence-corrected chi connectivity index (χ4v) is 6.61. The fourth-order valence-electron chi connectivity index (χ4n) is 2.13. The molecule has 0 aliphatic carbocycles. The third-order valence-corrected chi connectivity index (χ3v) is 7.81. The summed E-state index contributed by atoms with van der Waals surface area (Å²) in [7, 11) is 0. The minimum absolute atomic E-state index is 0.244. The topological polar surface area (TPSA) is 20.2 Å². The zero-order valence-corrected chi connectivity index (χ0v) is 14.1. The molecule has 1 heterocycles. The molecule has 3 atom stereocenters. The number of halogens is 1. The van der Waals surface area contributed by atoms with Crippen LogP contribution in [0.15, 0.2) is 29.2 Å². The average Bonchev–Trinajstić information content (AvgIpc) is 2.45. The maximum atomic E-state index is 10.4. The van der Waals surface area contributed by atoms with E-state index >= 15 is 0 Å². The summed E-state index contributed by atoms with van der Waals surface area (Å²) in [4.78, 5) is 1.13. The molecule has 1 fully saturated rings. The van der Waals surface area contributed by atoms with Crippen molar-refractivity contribution in [3.05, 3.63) is 29.3 Å². The van der Waals surface area contributed by atoms with Gasteiger partial charge in [0.25, 0.3) is 0 Å². The van der Waals surface area contributed by atoms with E-state index in [9.17, 15) is 5.11 Å². The Kier molecular flexibility index (Phi) is 6.76. The van der Waals surface area contributed by atoms with Gasteiger partial charge in [-0.15, -0.1) is 11.8 Å². The Balaban J connectivity index is 1.87. The highest BCUT2D eigenvalue weighted by molar-refractivity contribution is 8.07. The highest BCUT2D eigenvalue weighted by atomic mass is 35.5. The van der Waals surface area contributed by atoms with Crippen LogP contribution in [0.2, 0.25) is 5.02 Å². The second kappa shape index (κ2) is 8.08. The molecule has 1 saturated heterocycles. The van der Waals surface area contributed by atoms with Crippen LogP contribution in [0.3, 0.4) is 0 Å². The normalized spacial score (nSPS) is 25.2. The number of rotatable bonds is 5. The average molecular weight is 335 g/mol. The summed E-state index contributed by atoms with van der Waals surface area (Å²) < 4.78 is 0. The lowest BCUT2D eigenvalue weighted by Crippen LogP contribution is -2.37. The molecule has 1 aromatic carbocycles. The van der Waals surface area contributed by atoms with Crippen LogP contribution in [0, 0.1) is 0 Å². The number of thioether (sulfide) groups is 3. The fraction of sp³-hybridized carbons (Fsp3) is 0.571. The molecule has 2 rings (SSSR count). The monoisotopic (exact) mass is 334 g/mol. The lowest BCUT2D eigenvalue weighted by Gasteiger charge is -2.33. The van der Waals surface area contributed by atoms with Crippen LogP contribution in [-0.4, -0.2) is 39.0 Å². The molecule has 1 aliphatic rings. The SMILES string of the molecule is CCC1SCCSC1C(O)CSc1cccc(Cl)c1. The maximum absolute atomic E-state index is 10.4. The van der Waals surface area contributed by atoms with Crippen LogP contribution in [0.5, 0.6) is 0 Å². The Bertz CT molecular complexity index is 402. The van der Waals surface area contributed by atoms with Crippen LogP contribution in [0.25, 0.3) is 0 Å². The van der Waals surface area contributed by atoms with E-state index in [2.05, 4.69) is 6.92 Å². The first-order valence-electron chi connectivity index (χ1n) is 6.50. The molecule has 3 unspecified atom stereocenters. The third kappa shape index (κ3) is 4.78. The summed E-state index contributed by atoms with van der Waals surface area (Å²) in [5.74, 6) is 3.12. The first-order chi connectivity index (χ1) is 9.20. The van der Waals surface area contributed by atoms with E-state index in [-0.39, 0.29) is 6.10 Å².